The van der Waals surface area contributed by atoms with Crippen LogP contribution in [0, 0.1) is 0 Å². The normalized spacial score (nSPS) is 17.3. The van der Waals surface area contributed by atoms with Gasteiger partial charge in [-0.25, -0.2) is 0 Å². The highest BCUT2D eigenvalue weighted by atomic mass is 19.4. The lowest BCUT2D eigenvalue weighted by Gasteiger charge is -2.27. The van der Waals surface area contributed by atoms with Gasteiger partial charge in [-0.2, -0.15) is 13.2 Å². The van der Waals surface area contributed by atoms with Gasteiger partial charge in [0.25, 0.3) is 0 Å². The highest BCUT2D eigenvalue weighted by Crippen LogP contribution is 2.29. The van der Waals surface area contributed by atoms with Crippen LogP contribution in [-0.2, 0) is 33.3 Å². The van der Waals surface area contributed by atoms with Crippen molar-refractivity contribution >= 4 is 5.91 Å². The van der Waals surface area contributed by atoms with Crippen LogP contribution in [0.25, 0.3) is 0 Å². The second kappa shape index (κ2) is 9.36. The molecule has 0 spiro atoms. The number of nitrogens with zero attached hydrogens (tertiary/aromatic N) is 3. The number of ether oxygens (including phenoxy) is 2. The summed E-state index contributed by atoms with van der Waals surface area (Å²) in [5.74, 6) is 0.371. The van der Waals surface area contributed by atoms with E-state index in [1.807, 2.05) is 0 Å². The summed E-state index contributed by atoms with van der Waals surface area (Å²) in [6.07, 6.45) is -4.03. The summed E-state index contributed by atoms with van der Waals surface area (Å²) in [5.41, 5.74) is -0.309. The Morgan fingerprint density at radius 3 is 2.76 bits per heavy atom. The maximum absolute atomic E-state index is 12.8. The third-order valence-corrected chi connectivity index (χ3v) is 4.46. The third-order valence-electron chi connectivity index (χ3n) is 4.46. The largest absolute Gasteiger partial charge is 0.425 e. The van der Waals surface area contributed by atoms with E-state index in [2.05, 4.69) is 10.2 Å². The number of carbonyl (C=O) groups excluding carboxylic acids is 1. The molecule has 1 aromatic carbocycles. The van der Waals surface area contributed by atoms with Crippen LogP contribution in [0.4, 0.5) is 13.2 Å². The van der Waals surface area contributed by atoms with Crippen LogP contribution in [0.1, 0.15) is 29.3 Å². The molecule has 2 aromatic rings. The predicted octanol–water partition coefficient (Wildman–Crippen LogP) is 2.49. The minimum absolute atomic E-state index is 0.0871. The summed E-state index contributed by atoms with van der Waals surface area (Å²) in [6, 6.07) is 4.97. The smallest absolute Gasteiger partial charge is 0.416 e. The molecule has 1 saturated heterocycles. The van der Waals surface area contributed by atoms with Crippen LogP contribution in [0.15, 0.2) is 28.7 Å². The Morgan fingerprint density at radius 2 is 2.03 bits per heavy atom. The first-order valence-corrected chi connectivity index (χ1v) is 9.22. The van der Waals surface area contributed by atoms with E-state index < -0.39 is 11.7 Å². The van der Waals surface area contributed by atoms with Gasteiger partial charge < -0.3 is 18.8 Å². The van der Waals surface area contributed by atoms with E-state index in [1.54, 1.807) is 18.0 Å². The first kappa shape index (κ1) is 21.3. The zero-order valence-electron chi connectivity index (χ0n) is 15.9. The topological polar surface area (TPSA) is 77.7 Å². The number of aromatic nitrogens is 2. The first-order chi connectivity index (χ1) is 13.8. The van der Waals surface area contributed by atoms with E-state index in [0.29, 0.717) is 31.9 Å². The Bertz CT molecular complexity index is 819. The first-order valence-electron chi connectivity index (χ1n) is 9.22. The van der Waals surface area contributed by atoms with Gasteiger partial charge in [-0.15, -0.1) is 10.2 Å². The third kappa shape index (κ3) is 6.26. The molecule has 1 aromatic heterocycles. The number of likely N-dealkylation sites (N-methyl/N-ethyl adjacent to an activating group) is 1. The molecule has 0 saturated carbocycles. The molecule has 158 valence electrons. The molecule has 10 heteroatoms. The second-order valence-electron chi connectivity index (χ2n) is 6.81. The van der Waals surface area contributed by atoms with Crippen molar-refractivity contribution in [3.05, 3.63) is 47.2 Å². The highest BCUT2D eigenvalue weighted by molar-refractivity contribution is 5.76. The van der Waals surface area contributed by atoms with E-state index in [1.165, 1.54) is 6.07 Å². The van der Waals surface area contributed by atoms with Crippen molar-refractivity contribution in [3.8, 4) is 0 Å². The Kier molecular flexibility index (Phi) is 6.86. The van der Waals surface area contributed by atoms with Crippen molar-refractivity contribution in [2.75, 3.05) is 33.4 Å². The van der Waals surface area contributed by atoms with Gasteiger partial charge in [0.15, 0.2) is 0 Å². The molecule has 1 atom stereocenters. The Balaban J connectivity index is 1.49. The number of carbonyl (C=O) groups is 1. The van der Waals surface area contributed by atoms with Crippen LogP contribution >= 0.6 is 0 Å². The fourth-order valence-electron chi connectivity index (χ4n) is 2.95. The quantitative estimate of drug-likeness (QED) is 0.694. The molecule has 0 bridgehead atoms. The van der Waals surface area contributed by atoms with E-state index >= 15 is 0 Å². The van der Waals surface area contributed by atoms with Gasteiger partial charge in [0.2, 0.25) is 17.7 Å². The number of hydrogen-bond acceptors (Lipinski definition) is 6. The summed E-state index contributed by atoms with van der Waals surface area (Å²) >= 11 is 0. The molecule has 29 heavy (non-hydrogen) atoms. The van der Waals surface area contributed by atoms with Crippen molar-refractivity contribution in [1.29, 1.82) is 0 Å². The zero-order chi connectivity index (χ0) is 20.9. The summed E-state index contributed by atoms with van der Waals surface area (Å²) in [4.78, 5) is 13.8. The average Bonchev–Trinajstić information content (AvgIpc) is 3.13. The number of benzene rings is 1. The van der Waals surface area contributed by atoms with Gasteiger partial charge in [0, 0.05) is 26.4 Å². The maximum Gasteiger partial charge on any atom is 0.416 e. The maximum atomic E-state index is 12.8. The molecule has 7 nitrogen and oxygen atoms in total. The summed E-state index contributed by atoms with van der Waals surface area (Å²) < 4.78 is 54.7. The number of hydrogen-bond donors (Lipinski definition) is 0. The van der Waals surface area contributed by atoms with Gasteiger partial charge in [0.1, 0.15) is 0 Å². The number of aryl methyl sites for hydroxylation is 1. The SMILES string of the molecule is CN(CC1COCCO1)C(=O)CCc1nnc(Cc2cccc(C(F)(F)F)c2)o1. The van der Waals surface area contributed by atoms with Crippen molar-refractivity contribution in [2.24, 2.45) is 0 Å². The minimum atomic E-state index is -4.41. The van der Waals surface area contributed by atoms with E-state index in [-0.39, 0.29) is 43.1 Å². The molecule has 3 rings (SSSR count). The fourth-order valence-corrected chi connectivity index (χ4v) is 2.95. The second-order valence-corrected chi connectivity index (χ2v) is 6.81. The molecule has 1 amide bonds. The summed E-state index contributed by atoms with van der Waals surface area (Å²) in [6.45, 7) is 1.97. The predicted molar refractivity (Wildman–Crippen MR) is 95.1 cm³/mol. The monoisotopic (exact) mass is 413 g/mol. The molecule has 0 aliphatic carbocycles. The minimum Gasteiger partial charge on any atom is -0.425 e. The molecule has 1 aliphatic rings. The van der Waals surface area contributed by atoms with Crippen LogP contribution in [0.3, 0.4) is 0 Å². The molecule has 0 radical (unpaired) electrons. The van der Waals surface area contributed by atoms with E-state index in [9.17, 15) is 18.0 Å². The highest BCUT2D eigenvalue weighted by Gasteiger charge is 2.30. The lowest BCUT2D eigenvalue weighted by Crippen LogP contribution is -2.40. The molecule has 1 unspecified atom stereocenters. The lowest BCUT2D eigenvalue weighted by atomic mass is 10.1. The zero-order valence-corrected chi connectivity index (χ0v) is 15.9. The van der Waals surface area contributed by atoms with Crippen LogP contribution < -0.4 is 0 Å². The van der Waals surface area contributed by atoms with Gasteiger partial charge in [-0.3, -0.25) is 4.79 Å². The number of rotatable bonds is 7. The van der Waals surface area contributed by atoms with Crippen molar-refractivity contribution in [1.82, 2.24) is 15.1 Å². The van der Waals surface area contributed by atoms with Crippen molar-refractivity contribution < 1.29 is 31.9 Å². The van der Waals surface area contributed by atoms with E-state index in [4.69, 9.17) is 13.9 Å². The van der Waals surface area contributed by atoms with Gasteiger partial charge in [0.05, 0.1) is 37.9 Å². The van der Waals surface area contributed by atoms with Crippen LogP contribution in [0.5, 0.6) is 0 Å². The number of amides is 1. The molecule has 2 heterocycles. The van der Waals surface area contributed by atoms with Crippen molar-refractivity contribution in [3.63, 3.8) is 0 Å². The standard InChI is InChI=1S/C19H22F3N3O4/c1-25(11-15-12-27-7-8-28-15)18(26)6-5-16-23-24-17(29-16)10-13-3-2-4-14(9-13)19(20,21)22/h2-4,9,15H,5-8,10-12H2,1H3. The van der Waals surface area contributed by atoms with Gasteiger partial charge in [-0.05, 0) is 11.6 Å². The fraction of sp³-hybridized carbons (Fsp3) is 0.526. The summed E-state index contributed by atoms with van der Waals surface area (Å²) in [7, 11) is 1.69. The van der Waals surface area contributed by atoms with Crippen LogP contribution in [0.2, 0.25) is 0 Å². The van der Waals surface area contributed by atoms with Crippen LogP contribution in [-0.4, -0.2) is 60.5 Å². The van der Waals surface area contributed by atoms with Gasteiger partial charge in [-0.1, -0.05) is 18.2 Å². The number of halogens is 3. The van der Waals surface area contributed by atoms with Crippen molar-refractivity contribution in [2.45, 2.75) is 31.5 Å². The Labute approximate surface area is 165 Å². The molecular formula is C19H22F3N3O4. The Morgan fingerprint density at radius 1 is 1.24 bits per heavy atom. The molecule has 1 aliphatic heterocycles. The summed E-state index contributed by atoms with van der Waals surface area (Å²) in [5, 5.41) is 7.74. The van der Waals surface area contributed by atoms with E-state index in [0.717, 1.165) is 12.1 Å². The molecule has 0 N–H and O–H groups in total. The Hall–Kier alpha value is -2.46. The number of alkyl halides is 3. The average molecular weight is 413 g/mol. The van der Waals surface area contributed by atoms with Gasteiger partial charge >= 0.3 is 6.18 Å². The lowest BCUT2D eigenvalue weighted by molar-refractivity contribution is -0.137. The molecular weight excluding hydrogens is 391 g/mol. The molecule has 1 fully saturated rings.